The quantitative estimate of drug-likeness (QED) is 0.916. The Hall–Kier alpha value is -1.95. The van der Waals surface area contributed by atoms with Gasteiger partial charge in [-0.25, -0.2) is 4.39 Å². The second kappa shape index (κ2) is 6.66. The van der Waals surface area contributed by atoms with E-state index in [2.05, 4.69) is 17.1 Å². The number of benzene rings is 1. The minimum absolute atomic E-state index is 0.0972. The number of hydrogen-bond acceptors (Lipinski definition) is 3. The molecule has 1 aromatic carbocycles. The normalized spacial score (nSPS) is 24.3. The molecule has 1 heterocycles. The third-order valence-electron chi connectivity index (χ3n) is 4.69. The Morgan fingerprint density at radius 1 is 1.13 bits per heavy atom. The van der Waals surface area contributed by atoms with Crippen LogP contribution in [0.2, 0.25) is 0 Å². The summed E-state index contributed by atoms with van der Waals surface area (Å²) in [4.78, 5) is 28.8. The van der Waals surface area contributed by atoms with Crippen molar-refractivity contribution in [2.24, 2.45) is 11.8 Å². The number of carbonyl (C=O) groups excluding carboxylic acids is 2. The van der Waals surface area contributed by atoms with Crippen LogP contribution in [-0.2, 0) is 9.59 Å². The van der Waals surface area contributed by atoms with E-state index in [-0.39, 0.29) is 29.5 Å². The molecule has 2 unspecified atom stereocenters. The van der Waals surface area contributed by atoms with Crippen LogP contribution in [0.5, 0.6) is 0 Å². The molecule has 1 aliphatic carbocycles. The highest BCUT2D eigenvalue weighted by Crippen LogP contribution is 2.41. The zero-order chi connectivity index (χ0) is 16.4. The van der Waals surface area contributed by atoms with Crippen molar-refractivity contribution in [3.05, 3.63) is 30.1 Å². The molecule has 1 saturated carbocycles. The van der Waals surface area contributed by atoms with E-state index in [1.54, 1.807) is 0 Å². The first-order valence-electron chi connectivity index (χ1n) is 8.16. The zero-order valence-electron chi connectivity index (χ0n) is 13.3. The van der Waals surface area contributed by atoms with Gasteiger partial charge in [0.25, 0.3) is 0 Å². The molecule has 3 rings (SSSR count). The number of amides is 2. The zero-order valence-corrected chi connectivity index (χ0v) is 13.3. The van der Waals surface area contributed by atoms with Crippen LogP contribution < -0.4 is 5.32 Å². The maximum absolute atomic E-state index is 12.9. The molecule has 1 saturated heterocycles. The Labute approximate surface area is 135 Å². The number of nitrogens with one attached hydrogen (secondary N) is 1. The van der Waals surface area contributed by atoms with E-state index in [0.29, 0.717) is 12.1 Å². The highest BCUT2D eigenvalue weighted by Gasteiger charge is 2.49. The molecule has 5 nitrogen and oxygen atoms in total. The number of likely N-dealkylation sites (N-methyl/N-ethyl adjacent to an activating group) is 1. The minimum atomic E-state index is -0.339. The fraction of sp³-hybridized carbons (Fsp3) is 0.529. The van der Waals surface area contributed by atoms with Crippen molar-refractivity contribution >= 4 is 17.5 Å². The lowest BCUT2D eigenvalue weighted by molar-refractivity contribution is -0.135. The van der Waals surface area contributed by atoms with Gasteiger partial charge in [0.05, 0.1) is 11.8 Å². The topological polar surface area (TPSA) is 52.7 Å². The van der Waals surface area contributed by atoms with Crippen LogP contribution in [0.15, 0.2) is 24.3 Å². The lowest BCUT2D eigenvalue weighted by Gasteiger charge is -2.34. The van der Waals surface area contributed by atoms with E-state index in [1.807, 2.05) is 4.90 Å². The van der Waals surface area contributed by atoms with Crippen molar-refractivity contribution in [2.45, 2.75) is 13.3 Å². The van der Waals surface area contributed by atoms with Crippen LogP contribution in [0.4, 0.5) is 10.1 Å². The predicted molar refractivity (Wildman–Crippen MR) is 85.3 cm³/mol. The van der Waals surface area contributed by atoms with E-state index in [4.69, 9.17) is 0 Å². The molecule has 2 atom stereocenters. The number of halogens is 1. The summed E-state index contributed by atoms with van der Waals surface area (Å²) in [6.45, 7) is 6.43. The van der Waals surface area contributed by atoms with E-state index >= 15 is 0 Å². The number of anilines is 1. The maximum atomic E-state index is 12.9. The van der Waals surface area contributed by atoms with Gasteiger partial charge in [-0.2, -0.15) is 0 Å². The van der Waals surface area contributed by atoms with Gasteiger partial charge in [0, 0.05) is 31.9 Å². The molecule has 124 valence electrons. The van der Waals surface area contributed by atoms with Crippen molar-refractivity contribution in [3.63, 3.8) is 0 Å². The molecule has 0 bridgehead atoms. The number of carbonyl (C=O) groups is 2. The fourth-order valence-electron chi connectivity index (χ4n) is 3.04. The van der Waals surface area contributed by atoms with Crippen LogP contribution in [0.25, 0.3) is 0 Å². The molecular weight excluding hydrogens is 297 g/mol. The van der Waals surface area contributed by atoms with E-state index in [1.165, 1.54) is 24.3 Å². The summed E-state index contributed by atoms with van der Waals surface area (Å²) in [5.41, 5.74) is 0.561. The maximum Gasteiger partial charge on any atom is 0.228 e. The number of nitrogens with zero attached hydrogens (tertiary/aromatic N) is 2. The van der Waals surface area contributed by atoms with Gasteiger partial charge in [-0.15, -0.1) is 0 Å². The van der Waals surface area contributed by atoms with Crippen LogP contribution in [0.3, 0.4) is 0 Å². The summed E-state index contributed by atoms with van der Waals surface area (Å²) < 4.78 is 12.9. The second-order valence-electron chi connectivity index (χ2n) is 6.20. The van der Waals surface area contributed by atoms with Crippen LogP contribution in [0.1, 0.15) is 13.3 Å². The van der Waals surface area contributed by atoms with Gasteiger partial charge < -0.3 is 15.1 Å². The predicted octanol–water partition coefficient (Wildman–Crippen LogP) is 1.56. The van der Waals surface area contributed by atoms with Crippen molar-refractivity contribution in [3.8, 4) is 0 Å². The van der Waals surface area contributed by atoms with E-state index < -0.39 is 0 Å². The Kier molecular flexibility index (Phi) is 4.61. The molecule has 0 radical (unpaired) electrons. The average Bonchev–Trinajstić information content (AvgIpc) is 3.37. The number of piperazine rings is 1. The van der Waals surface area contributed by atoms with E-state index in [9.17, 15) is 14.0 Å². The minimum Gasteiger partial charge on any atom is -0.340 e. The lowest BCUT2D eigenvalue weighted by Crippen LogP contribution is -2.49. The molecule has 6 heteroatoms. The fourth-order valence-corrected chi connectivity index (χ4v) is 3.04. The monoisotopic (exact) mass is 319 g/mol. The Morgan fingerprint density at radius 2 is 1.78 bits per heavy atom. The molecule has 23 heavy (non-hydrogen) atoms. The third-order valence-corrected chi connectivity index (χ3v) is 4.69. The SMILES string of the molecule is CCN1CCN(C(=O)C2CC2C(=O)Nc2ccc(F)cc2)CC1. The summed E-state index contributed by atoms with van der Waals surface area (Å²) in [6.07, 6.45) is 0.611. The first kappa shape index (κ1) is 15.9. The standard InChI is InChI=1S/C17H22FN3O2/c1-2-20-7-9-21(10-8-20)17(23)15-11-14(15)16(22)19-13-5-3-12(18)4-6-13/h3-6,14-15H,2,7-11H2,1H3,(H,19,22). The number of rotatable bonds is 4. The van der Waals surface area contributed by atoms with Crippen LogP contribution in [-0.4, -0.2) is 54.3 Å². The molecule has 2 amide bonds. The molecule has 0 aromatic heterocycles. The summed E-state index contributed by atoms with van der Waals surface area (Å²) >= 11 is 0. The van der Waals surface area contributed by atoms with Crippen molar-refractivity contribution in [1.82, 2.24) is 9.80 Å². The van der Waals surface area contributed by atoms with Gasteiger partial charge in [0.15, 0.2) is 0 Å². The Morgan fingerprint density at radius 3 is 2.39 bits per heavy atom. The van der Waals surface area contributed by atoms with Crippen molar-refractivity contribution in [2.75, 3.05) is 38.0 Å². The first-order chi connectivity index (χ1) is 11.1. The summed E-state index contributed by atoms with van der Waals surface area (Å²) in [7, 11) is 0. The highest BCUT2D eigenvalue weighted by atomic mass is 19.1. The van der Waals surface area contributed by atoms with E-state index in [0.717, 1.165) is 32.7 Å². The smallest absolute Gasteiger partial charge is 0.228 e. The van der Waals surface area contributed by atoms with Crippen LogP contribution in [0, 0.1) is 17.7 Å². The Bertz CT molecular complexity index is 582. The summed E-state index contributed by atoms with van der Waals surface area (Å²) in [5, 5.41) is 2.75. The van der Waals surface area contributed by atoms with Crippen molar-refractivity contribution in [1.29, 1.82) is 0 Å². The highest BCUT2D eigenvalue weighted by molar-refractivity contribution is 5.99. The Balaban J connectivity index is 1.49. The summed E-state index contributed by atoms with van der Waals surface area (Å²) in [6, 6.07) is 5.66. The van der Waals surface area contributed by atoms with Gasteiger partial charge in [-0.3, -0.25) is 9.59 Å². The molecule has 0 spiro atoms. The first-order valence-corrected chi connectivity index (χ1v) is 8.16. The third kappa shape index (κ3) is 3.69. The van der Waals surface area contributed by atoms with Gasteiger partial charge in [-0.1, -0.05) is 6.92 Å². The molecule has 1 aromatic rings. The average molecular weight is 319 g/mol. The van der Waals surface area contributed by atoms with Gasteiger partial charge in [0.1, 0.15) is 5.82 Å². The molecule has 1 aliphatic heterocycles. The molecular formula is C17H22FN3O2. The largest absolute Gasteiger partial charge is 0.340 e. The van der Waals surface area contributed by atoms with Crippen LogP contribution >= 0.6 is 0 Å². The summed E-state index contributed by atoms with van der Waals surface area (Å²) in [5.74, 6) is -0.837. The molecule has 2 fully saturated rings. The van der Waals surface area contributed by atoms with Gasteiger partial charge in [-0.05, 0) is 37.2 Å². The number of hydrogen-bond donors (Lipinski definition) is 1. The van der Waals surface area contributed by atoms with Gasteiger partial charge >= 0.3 is 0 Å². The van der Waals surface area contributed by atoms with Gasteiger partial charge in [0.2, 0.25) is 11.8 Å². The lowest BCUT2D eigenvalue weighted by atomic mass is 10.2. The molecule has 1 N–H and O–H groups in total. The second-order valence-corrected chi connectivity index (χ2v) is 6.20. The van der Waals surface area contributed by atoms with Crippen molar-refractivity contribution < 1.29 is 14.0 Å². The molecule has 2 aliphatic rings.